The molecular formula is C14H23N3OS. The molecule has 0 fully saturated rings. The number of carbonyl (C=O) groups is 1. The molecule has 0 aliphatic carbocycles. The molecule has 19 heavy (non-hydrogen) atoms. The number of nitrogens with zero attached hydrogens (tertiary/aromatic N) is 1. The van der Waals surface area contributed by atoms with E-state index in [0.29, 0.717) is 6.54 Å². The Bertz CT molecular complexity index is 430. The van der Waals surface area contributed by atoms with Gasteiger partial charge in [-0.15, -0.1) is 11.3 Å². The summed E-state index contributed by atoms with van der Waals surface area (Å²) >= 11 is 1.85. The second-order valence-electron chi connectivity index (χ2n) is 5.33. The van der Waals surface area contributed by atoms with Gasteiger partial charge in [0, 0.05) is 43.0 Å². The lowest BCUT2D eigenvalue weighted by molar-refractivity contribution is -0.124. The molecule has 2 unspecified atom stereocenters. The minimum absolute atomic E-state index is 0.0585. The van der Waals surface area contributed by atoms with Gasteiger partial charge in [0.2, 0.25) is 5.91 Å². The van der Waals surface area contributed by atoms with Crippen molar-refractivity contribution in [2.24, 2.45) is 11.7 Å². The highest BCUT2D eigenvalue weighted by Gasteiger charge is 2.19. The molecule has 2 heterocycles. The molecule has 1 aliphatic heterocycles. The summed E-state index contributed by atoms with van der Waals surface area (Å²) in [7, 11) is 0. The predicted octanol–water partition coefficient (Wildman–Crippen LogP) is 1.21. The second-order valence-corrected chi connectivity index (χ2v) is 6.33. The Kier molecular flexibility index (Phi) is 4.96. The van der Waals surface area contributed by atoms with Gasteiger partial charge in [0.25, 0.3) is 0 Å². The zero-order valence-electron chi connectivity index (χ0n) is 11.7. The van der Waals surface area contributed by atoms with E-state index in [0.717, 1.165) is 26.1 Å². The monoisotopic (exact) mass is 281 g/mol. The van der Waals surface area contributed by atoms with Crippen molar-refractivity contribution in [3.63, 3.8) is 0 Å². The van der Waals surface area contributed by atoms with Gasteiger partial charge in [-0.1, -0.05) is 6.92 Å². The number of hydrogen-bond donors (Lipinski definition) is 2. The van der Waals surface area contributed by atoms with E-state index in [4.69, 9.17) is 5.73 Å². The molecule has 0 saturated carbocycles. The van der Waals surface area contributed by atoms with Crippen LogP contribution in [0.15, 0.2) is 11.4 Å². The summed E-state index contributed by atoms with van der Waals surface area (Å²) in [5.74, 6) is -0.0620. The van der Waals surface area contributed by atoms with Gasteiger partial charge >= 0.3 is 0 Å². The average Bonchev–Trinajstić information content (AvgIpc) is 2.84. The molecule has 0 saturated heterocycles. The molecular weight excluding hydrogens is 258 g/mol. The van der Waals surface area contributed by atoms with Crippen LogP contribution >= 0.6 is 11.3 Å². The van der Waals surface area contributed by atoms with Crippen LogP contribution in [0.25, 0.3) is 0 Å². The third-order valence-corrected chi connectivity index (χ3v) is 4.84. The van der Waals surface area contributed by atoms with E-state index in [1.165, 1.54) is 10.4 Å². The highest BCUT2D eigenvalue weighted by molar-refractivity contribution is 7.10. The molecule has 1 aromatic rings. The topological polar surface area (TPSA) is 58.4 Å². The van der Waals surface area contributed by atoms with E-state index >= 15 is 0 Å². The lowest BCUT2D eigenvalue weighted by Gasteiger charge is -2.27. The molecule has 2 rings (SSSR count). The minimum Gasteiger partial charge on any atom is -0.355 e. The Hall–Kier alpha value is -0.910. The molecule has 4 nitrogen and oxygen atoms in total. The molecule has 0 bridgehead atoms. The molecule has 0 radical (unpaired) electrons. The Morgan fingerprint density at radius 1 is 1.58 bits per heavy atom. The Labute approximate surface area is 119 Å². The smallest absolute Gasteiger partial charge is 0.224 e. The molecule has 106 valence electrons. The largest absolute Gasteiger partial charge is 0.355 e. The summed E-state index contributed by atoms with van der Waals surface area (Å²) in [6.07, 6.45) is 1.14. The zero-order chi connectivity index (χ0) is 13.8. The molecule has 0 spiro atoms. The fraction of sp³-hybridized carbons (Fsp3) is 0.643. The van der Waals surface area contributed by atoms with Crippen LogP contribution < -0.4 is 11.1 Å². The van der Waals surface area contributed by atoms with Crippen LogP contribution in [0.2, 0.25) is 0 Å². The van der Waals surface area contributed by atoms with Gasteiger partial charge in [0.05, 0.1) is 0 Å². The Morgan fingerprint density at radius 2 is 2.37 bits per heavy atom. The summed E-state index contributed by atoms with van der Waals surface area (Å²) in [6, 6.07) is 2.12. The molecule has 1 aliphatic rings. The summed E-state index contributed by atoms with van der Waals surface area (Å²) < 4.78 is 0. The van der Waals surface area contributed by atoms with E-state index in [2.05, 4.69) is 21.7 Å². The van der Waals surface area contributed by atoms with Gasteiger partial charge in [-0.3, -0.25) is 9.69 Å². The van der Waals surface area contributed by atoms with E-state index in [1.54, 1.807) is 0 Å². The van der Waals surface area contributed by atoms with E-state index < -0.39 is 0 Å². The third kappa shape index (κ3) is 3.78. The van der Waals surface area contributed by atoms with Crippen LogP contribution in [0.5, 0.6) is 0 Å². The van der Waals surface area contributed by atoms with Gasteiger partial charge < -0.3 is 11.1 Å². The number of thiophene rings is 1. The number of rotatable bonds is 5. The van der Waals surface area contributed by atoms with E-state index in [9.17, 15) is 4.79 Å². The maximum atomic E-state index is 11.8. The third-order valence-electron chi connectivity index (χ3n) is 3.82. The van der Waals surface area contributed by atoms with Crippen molar-refractivity contribution < 1.29 is 4.79 Å². The van der Waals surface area contributed by atoms with Crippen LogP contribution in [0.4, 0.5) is 0 Å². The number of hydrogen-bond acceptors (Lipinski definition) is 4. The number of amides is 1. The summed E-state index contributed by atoms with van der Waals surface area (Å²) in [4.78, 5) is 15.7. The average molecular weight is 281 g/mol. The normalized spacial score (nSPS) is 18.7. The fourth-order valence-electron chi connectivity index (χ4n) is 2.23. The van der Waals surface area contributed by atoms with Gasteiger partial charge in [-0.25, -0.2) is 0 Å². The molecule has 2 atom stereocenters. The Balaban J connectivity index is 1.71. The predicted molar refractivity (Wildman–Crippen MR) is 79.1 cm³/mol. The lowest BCUT2D eigenvalue weighted by Crippen LogP contribution is -2.42. The molecule has 1 amide bonds. The van der Waals surface area contributed by atoms with Crippen molar-refractivity contribution >= 4 is 17.2 Å². The Morgan fingerprint density at radius 3 is 3.11 bits per heavy atom. The number of nitrogens with one attached hydrogen (secondary N) is 1. The van der Waals surface area contributed by atoms with Crippen LogP contribution in [0.3, 0.4) is 0 Å². The highest BCUT2D eigenvalue weighted by atomic mass is 32.1. The first-order valence-corrected chi connectivity index (χ1v) is 7.76. The van der Waals surface area contributed by atoms with E-state index in [-0.39, 0.29) is 17.9 Å². The lowest BCUT2D eigenvalue weighted by atomic mass is 10.0. The van der Waals surface area contributed by atoms with Crippen molar-refractivity contribution in [3.8, 4) is 0 Å². The van der Waals surface area contributed by atoms with Crippen LogP contribution in [0, 0.1) is 5.92 Å². The van der Waals surface area contributed by atoms with Crippen molar-refractivity contribution in [2.75, 3.05) is 19.6 Å². The first-order chi connectivity index (χ1) is 9.08. The summed E-state index contributed by atoms with van der Waals surface area (Å²) in [5.41, 5.74) is 7.17. The maximum Gasteiger partial charge on any atom is 0.224 e. The number of nitrogens with two attached hydrogens (primary N) is 1. The first-order valence-electron chi connectivity index (χ1n) is 6.89. The SMILES string of the molecule is CC(N)C(C)C(=O)NCCN1CCc2sccc2C1. The van der Waals surface area contributed by atoms with Crippen molar-refractivity contribution in [2.45, 2.75) is 32.9 Å². The van der Waals surface area contributed by atoms with Crippen LogP contribution in [-0.4, -0.2) is 36.5 Å². The van der Waals surface area contributed by atoms with Crippen molar-refractivity contribution in [3.05, 3.63) is 21.9 Å². The van der Waals surface area contributed by atoms with Crippen LogP contribution in [-0.2, 0) is 17.8 Å². The van der Waals surface area contributed by atoms with E-state index in [1.807, 2.05) is 25.2 Å². The quantitative estimate of drug-likeness (QED) is 0.853. The van der Waals surface area contributed by atoms with Gasteiger partial charge in [-0.05, 0) is 30.4 Å². The molecule has 0 aromatic carbocycles. The zero-order valence-corrected chi connectivity index (χ0v) is 12.5. The van der Waals surface area contributed by atoms with Gasteiger partial charge in [-0.2, -0.15) is 0 Å². The fourth-order valence-corrected chi connectivity index (χ4v) is 3.12. The van der Waals surface area contributed by atoms with Gasteiger partial charge in [0.15, 0.2) is 0 Å². The molecule has 3 N–H and O–H groups in total. The summed E-state index contributed by atoms with van der Waals surface area (Å²) in [5, 5.41) is 5.14. The van der Waals surface area contributed by atoms with Crippen molar-refractivity contribution in [1.82, 2.24) is 10.2 Å². The first kappa shape index (κ1) is 14.5. The number of fused-ring (bicyclic) bond motifs is 1. The number of carbonyl (C=O) groups excluding carboxylic acids is 1. The second kappa shape index (κ2) is 6.50. The summed E-state index contributed by atoms with van der Waals surface area (Å²) in [6.45, 7) is 7.46. The molecule has 5 heteroatoms. The van der Waals surface area contributed by atoms with Crippen LogP contribution in [0.1, 0.15) is 24.3 Å². The van der Waals surface area contributed by atoms with Crippen molar-refractivity contribution in [1.29, 1.82) is 0 Å². The maximum absolute atomic E-state index is 11.8. The van der Waals surface area contributed by atoms with Gasteiger partial charge in [0.1, 0.15) is 0 Å². The highest BCUT2D eigenvalue weighted by Crippen LogP contribution is 2.23. The molecule has 1 aromatic heterocycles. The standard InChI is InChI=1S/C14H23N3OS/c1-10(11(2)15)14(18)16-5-7-17-6-3-13-12(9-17)4-8-19-13/h4,8,10-11H,3,5-7,9,15H2,1-2H3,(H,16,18). The minimum atomic E-state index is -0.121.